The summed E-state index contributed by atoms with van der Waals surface area (Å²) >= 11 is 0. The van der Waals surface area contributed by atoms with Gasteiger partial charge in [-0.1, -0.05) is 61.2 Å². The van der Waals surface area contributed by atoms with Crippen LogP contribution in [0.3, 0.4) is 0 Å². The molecule has 2 saturated heterocycles. The Morgan fingerprint density at radius 3 is 1.84 bits per heavy atom. The van der Waals surface area contributed by atoms with E-state index in [0.29, 0.717) is 29.1 Å². The number of carbonyl (C=O) groups excluding carboxylic acids is 4. The number of rotatable bonds is 6. The van der Waals surface area contributed by atoms with Crippen LogP contribution < -0.4 is 14.5 Å². The van der Waals surface area contributed by atoms with Crippen LogP contribution in [0.15, 0.2) is 91.5 Å². The lowest BCUT2D eigenvalue weighted by molar-refractivity contribution is -0.126. The molecule has 1 saturated carbocycles. The molecular formula is C37H32N2O6. The van der Waals surface area contributed by atoms with Crippen molar-refractivity contribution in [3.8, 4) is 11.5 Å². The van der Waals surface area contributed by atoms with Crippen molar-refractivity contribution >= 4 is 47.2 Å². The molecule has 45 heavy (non-hydrogen) atoms. The summed E-state index contributed by atoms with van der Waals surface area (Å²) in [5.74, 6) is -4.84. The van der Waals surface area contributed by atoms with Crippen LogP contribution in [0.5, 0.6) is 11.5 Å². The monoisotopic (exact) mass is 600 g/mol. The third-order valence-electron chi connectivity index (χ3n) is 9.99. The molecule has 0 spiro atoms. The van der Waals surface area contributed by atoms with E-state index in [1.54, 1.807) is 72.8 Å². The number of allylic oxidation sites excluding steroid dienone is 2. The largest absolute Gasteiger partial charge is 0.508 e. The highest BCUT2D eigenvalue weighted by atomic mass is 16.5. The van der Waals surface area contributed by atoms with Crippen LogP contribution in [-0.4, -0.2) is 35.8 Å². The van der Waals surface area contributed by atoms with Gasteiger partial charge in [0.2, 0.25) is 23.6 Å². The summed E-state index contributed by atoms with van der Waals surface area (Å²) in [7, 11) is 1.52. The van der Waals surface area contributed by atoms with Gasteiger partial charge in [0.15, 0.2) is 0 Å². The van der Waals surface area contributed by atoms with E-state index in [0.717, 1.165) is 16.7 Å². The number of nitrogens with zero attached hydrogens (tertiary/aromatic N) is 2. The summed E-state index contributed by atoms with van der Waals surface area (Å²) in [6, 6.07) is 19.0. The van der Waals surface area contributed by atoms with Gasteiger partial charge in [0, 0.05) is 11.5 Å². The molecule has 2 aliphatic heterocycles. The fraction of sp³-hybridized carbons (Fsp3) is 0.243. The average molecular weight is 601 g/mol. The number of hydrogen-bond acceptors (Lipinski definition) is 6. The molecule has 8 nitrogen and oxygen atoms in total. The van der Waals surface area contributed by atoms with Crippen LogP contribution in [-0.2, 0) is 19.2 Å². The quantitative estimate of drug-likeness (QED) is 0.286. The Hall–Kier alpha value is -5.24. The molecule has 3 fully saturated rings. The average Bonchev–Trinajstić information content (AvgIpc) is 3.47. The Morgan fingerprint density at radius 1 is 0.733 bits per heavy atom. The number of phenols is 1. The second kappa shape index (κ2) is 10.7. The standard InChI is InChI=1S/C37H32N2O6/c1-4-20-6-10-22(11-7-20)38-34(41)26-16-15-25-27(32(26)36(38)43)19-29-33(31(25)28-18-24(45-3)14-17-30(28)40)37(44)39(35(29)42)23-12-8-21(5-2)9-13-23/h4-15,17-18,26-27,29,31-33,40H,1-2,16,19H2,3H3. The van der Waals surface area contributed by atoms with Gasteiger partial charge in [0.05, 0.1) is 42.2 Å². The van der Waals surface area contributed by atoms with E-state index in [2.05, 4.69) is 13.2 Å². The molecule has 4 aliphatic rings. The van der Waals surface area contributed by atoms with E-state index in [1.807, 2.05) is 6.08 Å². The highest BCUT2D eigenvalue weighted by Crippen LogP contribution is 2.59. The van der Waals surface area contributed by atoms with E-state index >= 15 is 0 Å². The fourth-order valence-corrected chi connectivity index (χ4v) is 7.87. The van der Waals surface area contributed by atoms with Crippen molar-refractivity contribution in [2.75, 3.05) is 16.9 Å². The molecule has 7 rings (SSSR count). The molecule has 8 heteroatoms. The molecule has 3 aromatic carbocycles. The molecule has 3 aromatic rings. The zero-order chi connectivity index (χ0) is 31.6. The molecule has 0 aromatic heterocycles. The Bertz CT molecular complexity index is 1810. The van der Waals surface area contributed by atoms with Gasteiger partial charge in [-0.05, 0) is 72.4 Å². The van der Waals surface area contributed by atoms with Crippen LogP contribution in [0, 0.1) is 29.6 Å². The van der Waals surface area contributed by atoms with Crippen LogP contribution in [0.4, 0.5) is 11.4 Å². The van der Waals surface area contributed by atoms with E-state index in [4.69, 9.17) is 4.74 Å². The van der Waals surface area contributed by atoms with Crippen molar-refractivity contribution in [1.82, 2.24) is 0 Å². The molecule has 6 atom stereocenters. The zero-order valence-corrected chi connectivity index (χ0v) is 24.8. The molecule has 2 aliphatic carbocycles. The first-order valence-corrected chi connectivity index (χ1v) is 15.0. The first-order valence-electron chi connectivity index (χ1n) is 15.0. The molecule has 6 unspecified atom stereocenters. The first-order chi connectivity index (χ1) is 21.8. The third-order valence-corrected chi connectivity index (χ3v) is 9.99. The number of benzene rings is 3. The number of anilines is 2. The van der Waals surface area contributed by atoms with Gasteiger partial charge < -0.3 is 9.84 Å². The maximum absolute atomic E-state index is 14.3. The van der Waals surface area contributed by atoms with Crippen molar-refractivity contribution < 1.29 is 29.0 Å². The summed E-state index contributed by atoms with van der Waals surface area (Å²) in [5, 5.41) is 11.2. The van der Waals surface area contributed by atoms with Gasteiger partial charge in [-0.3, -0.25) is 29.0 Å². The number of phenolic OH excluding ortho intramolecular Hbond substituents is 1. The van der Waals surface area contributed by atoms with Gasteiger partial charge in [-0.2, -0.15) is 0 Å². The molecule has 2 heterocycles. The van der Waals surface area contributed by atoms with Gasteiger partial charge in [0.1, 0.15) is 11.5 Å². The Kier molecular flexibility index (Phi) is 6.80. The molecule has 226 valence electrons. The minimum Gasteiger partial charge on any atom is -0.508 e. The van der Waals surface area contributed by atoms with E-state index in [9.17, 15) is 24.3 Å². The highest BCUT2D eigenvalue weighted by Gasteiger charge is 2.62. The minimum atomic E-state index is -0.802. The number of carbonyl (C=O) groups is 4. The number of ether oxygens (including phenoxy) is 1. The lowest BCUT2D eigenvalue weighted by Crippen LogP contribution is -2.43. The maximum Gasteiger partial charge on any atom is 0.238 e. The van der Waals surface area contributed by atoms with Crippen LogP contribution in [0.25, 0.3) is 12.2 Å². The predicted octanol–water partition coefficient (Wildman–Crippen LogP) is 5.73. The summed E-state index contributed by atoms with van der Waals surface area (Å²) in [4.78, 5) is 58.9. The van der Waals surface area contributed by atoms with Crippen molar-refractivity contribution in [2.45, 2.75) is 18.8 Å². The van der Waals surface area contributed by atoms with Crippen molar-refractivity contribution in [3.05, 3.63) is 108 Å². The van der Waals surface area contributed by atoms with Gasteiger partial charge in [-0.15, -0.1) is 0 Å². The number of methoxy groups -OCH3 is 1. The smallest absolute Gasteiger partial charge is 0.238 e. The number of amides is 4. The summed E-state index contributed by atoms with van der Waals surface area (Å²) in [6.45, 7) is 7.55. The number of fused-ring (bicyclic) bond motifs is 4. The van der Waals surface area contributed by atoms with E-state index in [1.165, 1.54) is 23.0 Å². The van der Waals surface area contributed by atoms with Gasteiger partial charge in [-0.25, -0.2) is 0 Å². The van der Waals surface area contributed by atoms with E-state index < -0.39 is 35.5 Å². The maximum atomic E-state index is 14.3. The first kappa shape index (κ1) is 28.5. The number of imide groups is 2. The Morgan fingerprint density at radius 2 is 1.29 bits per heavy atom. The molecule has 4 amide bonds. The zero-order valence-electron chi connectivity index (χ0n) is 24.8. The number of aromatic hydroxyl groups is 1. The summed E-state index contributed by atoms with van der Waals surface area (Å²) < 4.78 is 5.48. The summed E-state index contributed by atoms with van der Waals surface area (Å²) in [6.07, 6.45) is 5.89. The van der Waals surface area contributed by atoms with Gasteiger partial charge in [0.25, 0.3) is 0 Å². The molecule has 1 N–H and O–H groups in total. The molecule has 0 radical (unpaired) electrons. The van der Waals surface area contributed by atoms with Crippen LogP contribution in [0.2, 0.25) is 0 Å². The third kappa shape index (κ3) is 4.27. The lowest BCUT2D eigenvalue weighted by Gasteiger charge is -2.44. The van der Waals surface area contributed by atoms with Crippen LogP contribution in [0.1, 0.15) is 35.4 Å². The highest BCUT2D eigenvalue weighted by molar-refractivity contribution is 6.24. The Labute approximate surface area is 260 Å². The minimum absolute atomic E-state index is 0.0324. The van der Waals surface area contributed by atoms with Crippen molar-refractivity contribution in [1.29, 1.82) is 0 Å². The van der Waals surface area contributed by atoms with Crippen molar-refractivity contribution in [2.24, 2.45) is 29.6 Å². The van der Waals surface area contributed by atoms with Crippen molar-refractivity contribution in [3.63, 3.8) is 0 Å². The van der Waals surface area contributed by atoms with Crippen LogP contribution >= 0.6 is 0 Å². The van der Waals surface area contributed by atoms with E-state index in [-0.39, 0.29) is 35.8 Å². The molecular weight excluding hydrogens is 568 g/mol. The normalized spacial score (nSPS) is 27.1. The SMILES string of the molecule is C=Cc1ccc(N2C(=O)C3CC=C4C(CC5C(=O)N(c6ccc(C=C)cc6)C(=O)C5C4c4cc(OC)ccc4O)C3C2=O)cc1. The molecule has 0 bridgehead atoms. The predicted molar refractivity (Wildman–Crippen MR) is 170 cm³/mol. The second-order valence-corrected chi connectivity index (χ2v) is 12.1. The number of hydrogen-bond donors (Lipinski definition) is 1. The fourth-order valence-electron chi connectivity index (χ4n) is 7.87. The van der Waals surface area contributed by atoms with Gasteiger partial charge >= 0.3 is 0 Å². The second-order valence-electron chi connectivity index (χ2n) is 12.1. The summed E-state index contributed by atoms with van der Waals surface area (Å²) in [5.41, 5.74) is 3.92. The lowest BCUT2D eigenvalue weighted by atomic mass is 9.57. The Balaban J connectivity index is 1.33. The topological polar surface area (TPSA) is 104 Å².